The molecular weight excluding hydrogens is 270 g/mol. The molecular formula is C15H27N3O3. The molecule has 0 bridgehead atoms. The van der Waals surface area contributed by atoms with Crippen LogP contribution in [0.2, 0.25) is 0 Å². The first-order valence-corrected chi connectivity index (χ1v) is 7.52. The maximum atomic E-state index is 11.8. The van der Waals surface area contributed by atoms with Gasteiger partial charge in [0, 0.05) is 26.8 Å². The molecule has 1 heterocycles. The number of carbonyl (C=O) groups is 1. The summed E-state index contributed by atoms with van der Waals surface area (Å²) in [5.74, 6) is 0.252. The maximum absolute atomic E-state index is 11.8. The molecule has 1 aromatic rings. The van der Waals surface area contributed by atoms with Gasteiger partial charge in [0.15, 0.2) is 0 Å². The molecule has 0 aliphatic rings. The zero-order chi connectivity index (χ0) is 15.7. The number of hydrogen-bond acceptors (Lipinski definition) is 5. The lowest BCUT2D eigenvalue weighted by Gasteiger charge is -2.09. The Balaban J connectivity index is 2.32. The smallest absolute Gasteiger partial charge is 0.341 e. The van der Waals surface area contributed by atoms with Crippen LogP contribution in [0.3, 0.4) is 0 Å². The van der Waals surface area contributed by atoms with Gasteiger partial charge in [0.1, 0.15) is 5.56 Å². The Morgan fingerprint density at radius 3 is 2.90 bits per heavy atom. The third kappa shape index (κ3) is 6.27. The van der Waals surface area contributed by atoms with E-state index in [1.807, 2.05) is 7.05 Å². The molecule has 0 unspecified atom stereocenters. The van der Waals surface area contributed by atoms with Crippen molar-refractivity contribution in [1.82, 2.24) is 15.1 Å². The SMILES string of the molecule is CCOC(=O)c1cnn(C)c1CNCCCOCC(C)C. The molecule has 0 aliphatic heterocycles. The van der Waals surface area contributed by atoms with E-state index in [1.165, 1.54) is 0 Å². The molecule has 0 saturated carbocycles. The molecule has 6 nitrogen and oxygen atoms in total. The maximum Gasteiger partial charge on any atom is 0.341 e. The highest BCUT2D eigenvalue weighted by Gasteiger charge is 2.16. The predicted molar refractivity (Wildman–Crippen MR) is 81.1 cm³/mol. The van der Waals surface area contributed by atoms with Crippen LogP contribution in [0.4, 0.5) is 0 Å². The van der Waals surface area contributed by atoms with Crippen molar-refractivity contribution in [3.8, 4) is 0 Å². The summed E-state index contributed by atoms with van der Waals surface area (Å²) in [6, 6.07) is 0. The van der Waals surface area contributed by atoms with Crippen LogP contribution in [0, 0.1) is 5.92 Å². The zero-order valence-corrected chi connectivity index (χ0v) is 13.5. The number of aromatic nitrogens is 2. The van der Waals surface area contributed by atoms with Crippen molar-refractivity contribution in [2.45, 2.75) is 33.7 Å². The third-order valence-corrected chi connectivity index (χ3v) is 2.94. The van der Waals surface area contributed by atoms with Crippen LogP contribution in [-0.2, 0) is 23.1 Å². The summed E-state index contributed by atoms with van der Waals surface area (Å²) in [6.45, 7) is 9.42. The first kappa shape index (κ1) is 17.7. The quantitative estimate of drug-likeness (QED) is 0.526. The normalized spacial score (nSPS) is 11.1. The van der Waals surface area contributed by atoms with E-state index >= 15 is 0 Å². The summed E-state index contributed by atoms with van der Waals surface area (Å²) in [4.78, 5) is 11.8. The first-order chi connectivity index (χ1) is 10.1. The van der Waals surface area contributed by atoms with Crippen molar-refractivity contribution in [3.63, 3.8) is 0 Å². The van der Waals surface area contributed by atoms with E-state index in [-0.39, 0.29) is 5.97 Å². The van der Waals surface area contributed by atoms with E-state index in [4.69, 9.17) is 9.47 Å². The van der Waals surface area contributed by atoms with Crippen LogP contribution in [0.5, 0.6) is 0 Å². The number of nitrogens with zero attached hydrogens (tertiary/aromatic N) is 2. The Kier molecular flexibility index (Phi) is 8.00. The average molecular weight is 297 g/mol. The lowest BCUT2D eigenvalue weighted by Crippen LogP contribution is -2.20. The Labute approximate surface area is 126 Å². The van der Waals surface area contributed by atoms with Gasteiger partial charge in [0.25, 0.3) is 0 Å². The van der Waals surface area contributed by atoms with Crippen LogP contribution in [0.1, 0.15) is 43.2 Å². The number of esters is 1. The van der Waals surface area contributed by atoms with Crippen LogP contribution in [0.25, 0.3) is 0 Å². The Hall–Kier alpha value is -1.40. The lowest BCUT2D eigenvalue weighted by atomic mass is 10.2. The molecule has 0 aliphatic carbocycles. The predicted octanol–water partition coefficient (Wildman–Crippen LogP) is 1.75. The molecule has 1 rings (SSSR count). The second kappa shape index (κ2) is 9.52. The Morgan fingerprint density at radius 1 is 1.48 bits per heavy atom. The summed E-state index contributed by atoms with van der Waals surface area (Å²) in [7, 11) is 1.82. The summed E-state index contributed by atoms with van der Waals surface area (Å²) in [5, 5.41) is 7.42. The average Bonchev–Trinajstić information content (AvgIpc) is 2.79. The largest absolute Gasteiger partial charge is 0.462 e. The molecule has 1 N–H and O–H groups in total. The molecule has 0 radical (unpaired) electrons. The zero-order valence-electron chi connectivity index (χ0n) is 13.5. The van der Waals surface area contributed by atoms with Gasteiger partial charge in [0.05, 0.1) is 18.5 Å². The van der Waals surface area contributed by atoms with E-state index in [0.29, 0.717) is 24.6 Å². The minimum Gasteiger partial charge on any atom is -0.462 e. The topological polar surface area (TPSA) is 65.4 Å². The molecule has 0 fully saturated rings. The lowest BCUT2D eigenvalue weighted by molar-refractivity contribution is 0.0524. The molecule has 6 heteroatoms. The number of ether oxygens (including phenoxy) is 2. The molecule has 0 amide bonds. The molecule has 0 atom stereocenters. The van der Waals surface area contributed by atoms with Crippen LogP contribution >= 0.6 is 0 Å². The first-order valence-electron chi connectivity index (χ1n) is 7.52. The number of carbonyl (C=O) groups excluding carboxylic acids is 1. The van der Waals surface area contributed by atoms with Crippen molar-refractivity contribution >= 4 is 5.97 Å². The van der Waals surface area contributed by atoms with Crippen LogP contribution in [-0.4, -0.2) is 42.1 Å². The van der Waals surface area contributed by atoms with Gasteiger partial charge >= 0.3 is 5.97 Å². The minimum atomic E-state index is -0.317. The fourth-order valence-electron chi connectivity index (χ4n) is 1.88. The van der Waals surface area contributed by atoms with Gasteiger partial charge in [-0.25, -0.2) is 4.79 Å². The van der Waals surface area contributed by atoms with Gasteiger partial charge in [-0.2, -0.15) is 5.10 Å². The van der Waals surface area contributed by atoms with Crippen molar-refractivity contribution < 1.29 is 14.3 Å². The van der Waals surface area contributed by atoms with Gasteiger partial charge < -0.3 is 14.8 Å². The van der Waals surface area contributed by atoms with Crippen molar-refractivity contribution in [2.75, 3.05) is 26.4 Å². The van der Waals surface area contributed by atoms with Gasteiger partial charge in [-0.1, -0.05) is 13.8 Å². The molecule has 0 saturated heterocycles. The van der Waals surface area contributed by atoms with Gasteiger partial charge in [-0.05, 0) is 25.8 Å². The highest BCUT2D eigenvalue weighted by atomic mass is 16.5. The molecule has 0 aromatic carbocycles. The number of aryl methyl sites for hydroxylation is 1. The molecule has 21 heavy (non-hydrogen) atoms. The minimum absolute atomic E-state index is 0.317. The van der Waals surface area contributed by atoms with Crippen molar-refractivity contribution in [1.29, 1.82) is 0 Å². The molecule has 0 spiro atoms. The summed E-state index contributed by atoms with van der Waals surface area (Å²) in [6.07, 6.45) is 2.50. The van der Waals surface area contributed by atoms with E-state index in [0.717, 1.165) is 31.9 Å². The van der Waals surface area contributed by atoms with Crippen molar-refractivity contribution in [2.24, 2.45) is 13.0 Å². The molecule has 1 aromatic heterocycles. The highest BCUT2D eigenvalue weighted by Crippen LogP contribution is 2.09. The van der Waals surface area contributed by atoms with Crippen molar-refractivity contribution in [3.05, 3.63) is 17.5 Å². The second-order valence-corrected chi connectivity index (χ2v) is 5.35. The van der Waals surface area contributed by atoms with Crippen LogP contribution in [0.15, 0.2) is 6.20 Å². The fraction of sp³-hybridized carbons (Fsp3) is 0.733. The second-order valence-electron chi connectivity index (χ2n) is 5.35. The van der Waals surface area contributed by atoms with E-state index < -0.39 is 0 Å². The number of hydrogen-bond donors (Lipinski definition) is 1. The fourth-order valence-corrected chi connectivity index (χ4v) is 1.88. The summed E-state index contributed by atoms with van der Waals surface area (Å²) in [5.41, 5.74) is 1.37. The monoisotopic (exact) mass is 297 g/mol. The van der Waals surface area contributed by atoms with Gasteiger partial charge in [-0.15, -0.1) is 0 Å². The number of nitrogens with one attached hydrogen (secondary N) is 1. The molecule has 120 valence electrons. The summed E-state index contributed by atoms with van der Waals surface area (Å²) < 4.78 is 12.2. The van der Waals surface area contributed by atoms with Crippen LogP contribution < -0.4 is 5.32 Å². The number of rotatable bonds is 10. The Bertz CT molecular complexity index is 430. The third-order valence-electron chi connectivity index (χ3n) is 2.94. The Morgan fingerprint density at radius 2 is 2.24 bits per heavy atom. The van der Waals surface area contributed by atoms with E-state index in [2.05, 4.69) is 24.3 Å². The summed E-state index contributed by atoms with van der Waals surface area (Å²) >= 11 is 0. The van der Waals surface area contributed by atoms with Gasteiger partial charge in [0.2, 0.25) is 0 Å². The standard InChI is InChI=1S/C15H27N3O3/c1-5-21-15(19)13-9-17-18(4)14(13)10-16-7-6-8-20-11-12(2)3/h9,12,16H,5-8,10-11H2,1-4H3. The van der Waals surface area contributed by atoms with Gasteiger partial charge in [-0.3, -0.25) is 4.68 Å². The van der Waals surface area contributed by atoms with E-state index in [9.17, 15) is 4.79 Å². The van der Waals surface area contributed by atoms with E-state index in [1.54, 1.807) is 17.8 Å². The highest BCUT2D eigenvalue weighted by molar-refractivity contribution is 5.90.